The van der Waals surface area contributed by atoms with Crippen LogP contribution in [0.5, 0.6) is 5.75 Å². The Morgan fingerprint density at radius 2 is 1.97 bits per heavy atom. The van der Waals surface area contributed by atoms with Crippen LogP contribution in [0.4, 0.5) is 5.69 Å². The zero-order valence-electron chi connectivity index (χ0n) is 17.4. The summed E-state index contributed by atoms with van der Waals surface area (Å²) >= 11 is 7.61. The number of amides is 1. The lowest BCUT2D eigenvalue weighted by atomic mass is 10.0. The monoisotopic (exact) mass is 451 g/mol. The Hall–Kier alpha value is -2.96. The molecule has 158 valence electrons. The predicted molar refractivity (Wildman–Crippen MR) is 128 cm³/mol. The highest BCUT2D eigenvalue weighted by atomic mass is 35.5. The minimum Gasteiger partial charge on any atom is -0.497 e. The van der Waals surface area contributed by atoms with Crippen LogP contribution in [-0.4, -0.2) is 28.2 Å². The standard InChI is InChI=1S/C24H22ClN3O2S/c1-14-10-11-20(19(25)12-14)26-23(29)15(2)31-24-27-21-9-5-8-18(22(21)28-24)16-6-4-7-17(13-16)30-3/h4-13,15H,1-3H3,(H,26,29)(H,27,28). The summed E-state index contributed by atoms with van der Waals surface area (Å²) in [4.78, 5) is 20.7. The van der Waals surface area contributed by atoms with Crippen LogP contribution >= 0.6 is 23.4 Å². The molecule has 4 aromatic rings. The van der Waals surface area contributed by atoms with E-state index in [1.54, 1.807) is 7.11 Å². The van der Waals surface area contributed by atoms with Gasteiger partial charge in [-0.3, -0.25) is 4.79 Å². The first-order valence-electron chi connectivity index (χ1n) is 9.81. The van der Waals surface area contributed by atoms with E-state index in [2.05, 4.69) is 15.3 Å². The number of aromatic nitrogens is 2. The molecule has 31 heavy (non-hydrogen) atoms. The van der Waals surface area contributed by atoms with Crippen molar-refractivity contribution in [1.29, 1.82) is 0 Å². The zero-order valence-corrected chi connectivity index (χ0v) is 19.0. The third-order valence-electron chi connectivity index (χ3n) is 4.92. The minimum atomic E-state index is -0.363. The Balaban J connectivity index is 1.55. The smallest absolute Gasteiger partial charge is 0.237 e. The van der Waals surface area contributed by atoms with Gasteiger partial charge in [-0.15, -0.1) is 0 Å². The van der Waals surface area contributed by atoms with E-state index < -0.39 is 0 Å². The first-order valence-corrected chi connectivity index (χ1v) is 11.1. The van der Waals surface area contributed by atoms with Crippen molar-refractivity contribution in [2.75, 3.05) is 12.4 Å². The van der Waals surface area contributed by atoms with E-state index in [0.29, 0.717) is 15.9 Å². The molecule has 0 aliphatic carbocycles. The van der Waals surface area contributed by atoms with Crippen LogP contribution < -0.4 is 10.1 Å². The Morgan fingerprint density at radius 1 is 1.16 bits per heavy atom. The molecule has 0 saturated carbocycles. The second-order valence-corrected chi connectivity index (χ2v) is 8.94. The maximum Gasteiger partial charge on any atom is 0.237 e. The molecule has 0 radical (unpaired) electrons. The minimum absolute atomic E-state index is 0.135. The van der Waals surface area contributed by atoms with Crippen LogP contribution in [0.25, 0.3) is 22.2 Å². The number of thioether (sulfide) groups is 1. The van der Waals surface area contributed by atoms with Crippen LogP contribution in [0.1, 0.15) is 12.5 Å². The fourth-order valence-electron chi connectivity index (χ4n) is 3.27. The van der Waals surface area contributed by atoms with Gasteiger partial charge in [-0.1, -0.05) is 53.7 Å². The van der Waals surface area contributed by atoms with Crippen molar-refractivity contribution in [1.82, 2.24) is 9.97 Å². The van der Waals surface area contributed by atoms with Gasteiger partial charge < -0.3 is 15.0 Å². The molecule has 7 heteroatoms. The average Bonchev–Trinajstić information content (AvgIpc) is 3.18. The van der Waals surface area contributed by atoms with Crippen LogP contribution in [0.15, 0.2) is 65.8 Å². The molecule has 0 fully saturated rings. The number of H-pyrrole nitrogens is 1. The van der Waals surface area contributed by atoms with E-state index in [1.807, 2.05) is 74.5 Å². The number of fused-ring (bicyclic) bond motifs is 1. The fourth-order valence-corrected chi connectivity index (χ4v) is 4.37. The second kappa shape index (κ2) is 9.04. The molecule has 0 aliphatic heterocycles. The van der Waals surface area contributed by atoms with Crippen molar-refractivity contribution < 1.29 is 9.53 Å². The maximum absolute atomic E-state index is 12.7. The quantitative estimate of drug-likeness (QED) is 0.336. The summed E-state index contributed by atoms with van der Waals surface area (Å²) in [5.74, 6) is 0.660. The van der Waals surface area contributed by atoms with Gasteiger partial charge in [0, 0.05) is 5.56 Å². The number of aryl methyl sites for hydroxylation is 1. The van der Waals surface area contributed by atoms with Crippen LogP contribution in [-0.2, 0) is 4.79 Å². The molecule has 1 atom stereocenters. The molecule has 0 bridgehead atoms. The molecule has 1 unspecified atom stereocenters. The van der Waals surface area contributed by atoms with Crippen molar-refractivity contribution in [2.24, 2.45) is 0 Å². The number of imidazole rings is 1. The largest absolute Gasteiger partial charge is 0.497 e. The number of hydrogen-bond donors (Lipinski definition) is 2. The number of methoxy groups -OCH3 is 1. The molecular weight excluding hydrogens is 430 g/mol. The number of rotatable bonds is 6. The Labute approximate surface area is 190 Å². The number of aromatic amines is 1. The summed E-state index contributed by atoms with van der Waals surface area (Å²) in [7, 11) is 1.65. The highest BCUT2D eigenvalue weighted by Gasteiger charge is 2.18. The van der Waals surface area contributed by atoms with Crippen molar-refractivity contribution in [2.45, 2.75) is 24.3 Å². The summed E-state index contributed by atoms with van der Waals surface area (Å²) in [5.41, 5.74) is 5.47. The van der Waals surface area contributed by atoms with E-state index in [9.17, 15) is 4.79 Å². The molecule has 1 aromatic heterocycles. The van der Waals surface area contributed by atoms with E-state index in [4.69, 9.17) is 16.3 Å². The normalized spacial score (nSPS) is 12.0. The summed E-state index contributed by atoms with van der Waals surface area (Å²) in [6.07, 6.45) is 0. The Morgan fingerprint density at radius 3 is 2.74 bits per heavy atom. The van der Waals surface area contributed by atoms with Gasteiger partial charge in [0.25, 0.3) is 0 Å². The van der Waals surface area contributed by atoms with Gasteiger partial charge in [0.2, 0.25) is 5.91 Å². The number of halogens is 1. The van der Waals surface area contributed by atoms with Crippen molar-refractivity contribution in [3.05, 3.63) is 71.2 Å². The number of nitrogens with zero attached hydrogens (tertiary/aromatic N) is 1. The third-order valence-corrected chi connectivity index (χ3v) is 6.21. The Bertz CT molecular complexity index is 1250. The van der Waals surface area contributed by atoms with Gasteiger partial charge in [-0.25, -0.2) is 4.98 Å². The molecule has 0 aliphatic rings. The molecule has 2 N–H and O–H groups in total. The van der Waals surface area contributed by atoms with Crippen molar-refractivity contribution in [3.63, 3.8) is 0 Å². The van der Waals surface area contributed by atoms with E-state index in [-0.39, 0.29) is 11.2 Å². The van der Waals surface area contributed by atoms with Crippen LogP contribution in [0, 0.1) is 6.92 Å². The van der Waals surface area contributed by atoms with Gasteiger partial charge in [0.15, 0.2) is 5.16 Å². The number of carbonyl (C=O) groups is 1. The summed E-state index contributed by atoms with van der Waals surface area (Å²) in [6, 6.07) is 19.4. The van der Waals surface area contributed by atoms with E-state index in [1.165, 1.54) is 11.8 Å². The average molecular weight is 452 g/mol. The number of ether oxygens (including phenoxy) is 1. The van der Waals surface area contributed by atoms with Crippen LogP contribution in [0.3, 0.4) is 0 Å². The zero-order chi connectivity index (χ0) is 22.0. The van der Waals surface area contributed by atoms with Gasteiger partial charge >= 0.3 is 0 Å². The third kappa shape index (κ3) is 4.70. The maximum atomic E-state index is 12.7. The molecule has 0 spiro atoms. The lowest BCUT2D eigenvalue weighted by molar-refractivity contribution is -0.115. The molecule has 1 heterocycles. The van der Waals surface area contributed by atoms with E-state index in [0.717, 1.165) is 33.5 Å². The van der Waals surface area contributed by atoms with Gasteiger partial charge in [0.1, 0.15) is 5.75 Å². The summed E-state index contributed by atoms with van der Waals surface area (Å²) in [5, 5.41) is 3.74. The number of anilines is 1. The Kier molecular flexibility index (Phi) is 6.20. The molecule has 5 nitrogen and oxygen atoms in total. The van der Waals surface area contributed by atoms with Gasteiger partial charge in [-0.05, 0) is 55.3 Å². The highest BCUT2D eigenvalue weighted by molar-refractivity contribution is 8.00. The number of carbonyl (C=O) groups excluding carboxylic acids is 1. The first-order chi connectivity index (χ1) is 14.9. The lowest BCUT2D eigenvalue weighted by Crippen LogP contribution is -2.22. The topological polar surface area (TPSA) is 67.0 Å². The number of para-hydroxylation sites is 1. The number of nitrogens with one attached hydrogen (secondary N) is 2. The highest BCUT2D eigenvalue weighted by Crippen LogP contribution is 2.32. The summed E-state index contributed by atoms with van der Waals surface area (Å²) in [6.45, 7) is 3.80. The SMILES string of the molecule is COc1cccc(-c2cccc3nc(SC(C)C(=O)Nc4ccc(C)cc4Cl)[nH]c23)c1. The summed E-state index contributed by atoms with van der Waals surface area (Å²) < 4.78 is 5.35. The molecule has 0 saturated heterocycles. The first kappa shape index (κ1) is 21.3. The number of hydrogen-bond acceptors (Lipinski definition) is 4. The van der Waals surface area contributed by atoms with Crippen LogP contribution in [0.2, 0.25) is 5.02 Å². The number of benzene rings is 3. The van der Waals surface area contributed by atoms with Gasteiger partial charge in [-0.2, -0.15) is 0 Å². The predicted octanol–water partition coefficient (Wildman–Crippen LogP) is 6.32. The second-order valence-electron chi connectivity index (χ2n) is 7.21. The molecule has 3 aromatic carbocycles. The van der Waals surface area contributed by atoms with E-state index >= 15 is 0 Å². The molecule has 4 rings (SSSR count). The fraction of sp³-hybridized carbons (Fsp3) is 0.167. The van der Waals surface area contributed by atoms with Gasteiger partial charge in [0.05, 0.1) is 34.1 Å². The van der Waals surface area contributed by atoms with Crippen molar-refractivity contribution in [3.8, 4) is 16.9 Å². The van der Waals surface area contributed by atoms with Crippen molar-refractivity contribution >= 4 is 46.0 Å². The lowest BCUT2D eigenvalue weighted by Gasteiger charge is -2.12. The molecular formula is C24H22ClN3O2S. The molecule has 1 amide bonds.